The van der Waals surface area contributed by atoms with Crippen LogP contribution in [0.5, 0.6) is 0 Å². The number of nitrogens with zero attached hydrogens (tertiary/aromatic N) is 1. The molecule has 0 radical (unpaired) electrons. The van der Waals surface area contributed by atoms with Crippen LogP contribution in [0.25, 0.3) is 0 Å². The van der Waals surface area contributed by atoms with Gasteiger partial charge in [-0.2, -0.15) is 0 Å². The van der Waals surface area contributed by atoms with E-state index in [0.717, 1.165) is 42.7 Å². The summed E-state index contributed by atoms with van der Waals surface area (Å²) in [7, 11) is 0. The van der Waals surface area contributed by atoms with Crippen LogP contribution in [0.15, 0.2) is 5.16 Å². The molecule has 2 N–H and O–H groups in total. The van der Waals surface area contributed by atoms with Crippen LogP contribution >= 0.6 is 0 Å². The molecule has 4 saturated carbocycles. The molecule has 0 unspecified atom stereocenters. The van der Waals surface area contributed by atoms with Crippen molar-refractivity contribution in [3.63, 3.8) is 0 Å². The molecule has 0 bridgehead atoms. The third-order valence-electron chi connectivity index (χ3n) is 8.59. The van der Waals surface area contributed by atoms with Gasteiger partial charge in [0.1, 0.15) is 0 Å². The van der Waals surface area contributed by atoms with Crippen molar-refractivity contribution >= 4 is 5.71 Å². The highest BCUT2D eigenvalue weighted by molar-refractivity contribution is 5.85. The second-order valence-corrected chi connectivity index (χ2v) is 9.16. The summed E-state index contributed by atoms with van der Waals surface area (Å²) in [6, 6.07) is 0. The minimum Gasteiger partial charge on any atom is -0.411 e. The van der Waals surface area contributed by atoms with Crippen LogP contribution in [0.4, 0.5) is 0 Å². The van der Waals surface area contributed by atoms with Crippen molar-refractivity contribution in [2.45, 2.75) is 77.7 Å². The Morgan fingerprint density at radius 1 is 0.955 bits per heavy atom. The van der Waals surface area contributed by atoms with E-state index in [0.29, 0.717) is 11.3 Å². The number of fused-ring (bicyclic) bond motifs is 5. The smallest absolute Gasteiger partial charge is 0.0596 e. The van der Waals surface area contributed by atoms with Crippen LogP contribution in [0.1, 0.15) is 71.6 Å². The highest BCUT2D eigenvalue weighted by Gasteiger charge is 2.59. The molecular formula is C19H31NO2. The maximum atomic E-state index is 10.5. The second-order valence-electron chi connectivity index (χ2n) is 9.16. The Balaban J connectivity index is 1.62. The minimum absolute atomic E-state index is 0.0662. The van der Waals surface area contributed by atoms with E-state index < -0.39 is 0 Å². The van der Waals surface area contributed by atoms with E-state index >= 15 is 0 Å². The lowest BCUT2D eigenvalue weighted by Crippen LogP contribution is -2.54. The van der Waals surface area contributed by atoms with Gasteiger partial charge in [0.05, 0.1) is 11.8 Å². The van der Waals surface area contributed by atoms with Crippen molar-refractivity contribution in [1.29, 1.82) is 0 Å². The first-order chi connectivity index (χ1) is 10.5. The molecule has 0 aromatic rings. The maximum absolute atomic E-state index is 10.5. The van der Waals surface area contributed by atoms with Crippen LogP contribution in [0.3, 0.4) is 0 Å². The number of aliphatic hydroxyl groups excluding tert-OH is 1. The summed E-state index contributed by atoms with van der Waals surface area (Å²) in [4.78, 5) is 0. The van der Waals surface area contributed by atoms with E-state index in [4.69, 9.17) is 5.21 Å². The quantitative estimate of drug-likeness (QED) is 0.520. The van der Waals surface area contributed by atoms with E-state index in [1.165, 1.54) is 38.5 Å². The Morgan fingerprint density at radius 3 is 2.50 bits per heavy atom. The average Bonchev–Trinajstić information content (AvgIpc) is 2.82. The molecule has 3 nitrogen and oxygen atoms in total. The Bertz CT molecular complexity index is 490. The number of hydrogen-bond donors (Lipinski definition) is 2. The zero-order valence-electron chi connectivity index (χ0n) is 14.1. The van der Waals surface area contributed by atoms with Gasteiger partial charge in [0.25, 0.3) is 0 Å². The van der Waals surface area contributed by atoms with E-state index in [1.54, 1.807) is 0 Å². The second kappa shape index (κ2) is 4.96. The van der Waals surface area contributed by atoms with Crippen molar-refractivity contribution in [3.8, 4) is 0 Å². The maximum Gasteiger partial charge on any atom is 0.0596 e. The number of aliphatic hydroxyl groups is 1. The van der Waals surface area contributed by atoms with Crippen LogP contribution in [0, 0.1) is 34.5 Å². The fourth-order valence-corrected chi connectivity index (χ4v) is 7.12. The van der Waals surface area contributed by atoms with Gasteiger partial charge in [-0.05, 0) is 92.3 Å². The van der Waals surface area contributed by atoms with Crippen LogP contribution in [0.2, 0.25) is 0 Å². The van der Waals surface area contributed by atoms with Gasteiger partial charge >= 0.3 is 0 Å². The molecule has 0 aromatic carbocycles. The zero-order chi connectivity index (χ0) is 15.5. The molecule has 0 aliphatic heterocycles. The molecular weight excluding hydrogens is 274 g/mol. The Morgan fingerprint density at radius 2 is 1.73 bits per heavy atom. The van der Waals surface area contributed by atoms with Gasteiger partial charge < -0.3 is 10.3 Å². The Kier molecular flexibility index (Phi) is 3.38. The van der Waals surface area contributed by atoms with Gasteiger partial charge in [0.2, 0.25) is 0 Å². The third kappa shape index (κ3) is 1.87. The van der Waals surface area contributed by atoms with E-state index in [2.05, 4.69) is 19.0 Å². The fourth-order valence-electron chi connectivity index (χ4n) is 7.12. The van der Waals surface area contributed by atoms with E-state index in [9.17, 15) is 5.11 Å². The van der Waals surface area contributed by atoms with E-state index in [1.807, 2.05) is 0 Å². The molecule has 22 heavy (non-hydrogen) atoms. The van der Waals surface area contributed by atoms with Crippen molar-refractivity contribution in [2.75, 3.05) is 0 Å². The van der Waals surface area contributed by atoms with Crippen LogP contribution in [-0.2, 0) is 0 Å². The molecule has 4 aliphatic rings. The number of oxime groups is 1. The summed E-state index contributed by atoms with van der Waals surface area (Å²) < 4.78 is 0. The standard InChI is InChI=1S/C19H31NO2/c1-18-9-7-13(20-22)11-12(18)3-4-14-15-5-6-17(21)19(15,2)10-8-16(14)18/h12,14-17,21-22H,3-11H2,1-2H3/b20-13-/t12-,14+,15-,16+,17+,18-,19-/m1/s1. The molecule has 3 heteroatoms. The zero-order valence-corrected chi connectivity index (χ0v) is 14.1. The lowest BCUT2D eigenvalue weighted by molar-refractivity contribution is -0.112. The van der Waals surface area contributed by atoms with Crippen molar-refractivity contribution < 1.29 is 10.3 Å². The molecule has 0 saturated heterocycles. The Labute approximate surface area is 134 Å². The summed E-state index contributed by atoms with van der Waals surface area (Å²) in [5, 5.41) is 23.2. The Hall–Kier alpha value is -0.570. The molecule has 0 aromatic heterocycles. The molecule has 7 atom stereocenters. The first-order valence-corrected chi connectivity index (χ1v) is 9.37. The molecule has 4 fully saturated rings. The SMILES string of the molecule is C[C@@]12CC[C@H]3[C@@H](CC[C@@H]4C/C(=N\O)CC[C@]43C)[C@H]1CC[C@@H]2O. The third-order valence-corrected chi connectivity index (χ3v) is 8.59. The average molecular weight is 305 g/mol. The first kappa shape index (κ1) is 15.0. The lowest BCUT2D eigenvalue weighted by atomic mass is 9.45. The van der Waals surface area contributed by atoms with Gasteiger partial charge in [-0.25, -0.2) is 0 Å². The molecule has 0 amide bonds. The number of rotatable bonds is 0. The lowest BCUT2D eigenvalue weighted by Gasteiger charge is -2.60. The summed E-state index contributed by atoms with van der Waals surface area (Å²) in [5.74, 6) is 3.11. The summed E-state index contributed by atoms with van der Waals surface area (Å²) in [5.41, 5.74) is 1.65. The summed E-state index contributed by atoms with van der Waals surface area (Å²) in [6.07, 6.45) is 10.5. The highest BCUT2D eigenvalue weighted by Crippen LogP contribution is 2.65. The van der Waals surface area contributed by atoms with Gasteiger partial charge in [-0.1, -0.05) is 19.0 Å². The normalized spacial score (nSPS) is 56.3. The van der Waals surface area contributed by atoms with Crippen molar-refractivity contribution in [2.24, 2.45) is 39.7 Å². The molecule has 0 spiro atoms. The largest absolute Gasteiger partial charge is 0.411 e. The predicted molar refractivity (Wildman–Crippen MR) is 87.0 cm³/mol. The summed E-state index contributed by atoms with van der Waals surface area (Å²) in [6.45, 7) is 4.88. The minimum atomic E-state index is -0.0662. The van der Waals surface area contributed by atoms with E-state index in [-0.39, 0.29) is 11.5 Å². The van der Waals surface area contributed by atoms with Gasteiger partial charge in [-0.3, -0.25) is 0 Å². The van der Waals surface area contributed by atoms with Crippen molar-refractivity contribution in [3.05, 3.63) is 0 Å². The molecule has 0 heterocycles. The van der Waals surface area contributed by atoms with Crippen molar-refractivity contribution in [1.82, 2.24) is 0 Å². The number of hydrogen-bond acceptors (Lipinski definition) is 3. The van der Waals surface area contributed by atoms with Gasteiger partial charge in [0.15, 0.2) is 0 Å². The monoisotopic (exact) mass is 305 g/mol. The summed E-state index contributed by atoms with van der Waals surface area (Å²) >= 11 is 0. The van der Waals surface area contributed by atoms with Crippen LogP contribution < -0.4 is 0 Å². The van der Waals surface area contributed by atoms with Crippen LogP contribution in [-0.4, -0.2) is 22.1 Å². The topological polar surface area (TPSA) is 52.8 Å². The highest BCUT2D eigenvalue weighted by atomic mass is 16.4. The first-order valence-electron chi connectivity index (χ1n) is 9.37. The van der Waals surface area contributed by atoms with Gasteiger partial charge in [-0.15, -0.1) is 0 Å². The fraction of sp³-hybridized carbons (Fsp3) is 0.947. The molecule has 4 aliphatic carbocycles. The van der Waals surface area contributed by atoms with Gasteiger partial charge in [0, 0.05) is 0 Å². The molecule has 4 rings (SSSR count). The molecule has 124 valence electrons. The predicted octanol–water partition coefficient (Wildman–Crippen LogP) is 4.22.